The van der Waals surface area contributed by atoms with E-state index in [9.17, 15) is 14.4 Å². The van der Waals surface area contributed by atoms with Gasteiger partial charge >= 0.3 is 0 Å². The first-order chi connectivity index (χ1) is 7.25. The van der Waals surface area contributed by atoms with Crippen LogP contribution in [0, 0.1) is 5.41 Å². The van der Waals surface area contributed by atoms with Crippen molar-refractivity contribution in [1.82, 2.24) is 10.2 Å². The predicted octanol–water partition coefficient (Wildman–Crippen LogP) is -1.22. The number of carbonyl (C=O) groups is 3. The van der Waals surface area contributed by atoms with Crippen molar-refractivity contribution >= 4 is 34.9 Å². The van der Waals surface area contributed by atoms with Crippen molar-refractivity contribution in [2.45, 2.75) is 13.8 Å². The summed E-state index contributed by atoms with van der Waals surface area (Å²) in [5.41, 5.74) is 4.40. The Balaban J connectivity index is 2.85. The molecule has 3 N–H and O–H groups in total. The molecule has 6 nitrogen and oxygen atoms in total. The van der Waals surface area contributed by atoms with Gasteiger partial charge in [-0.1, -0.05) is 12.2 Å². The fourth-order valence-corrected chi connectivity index (χ4v) is 1.37. The summed E-state index contributed by atoms with van der Waals surface area (Å²) in [6.45, 7) is 2.84. The number of rotatable bonds is 2. The van der Waals surface area contributed by atoms with E-state index in [4.69, 9.17) is 18.0 Å². The van der Waals surface area contributed by atoms with Gasteiger partial charge < -0.3 is 10.6 Å². The molecule has 0 bridgehead atoms. The lowest BCUT2D eigenvalue weighted by Crippen LogP contribution is -2.57. The lowest BCUT2D eigenvalue weighted by atomic mass is 9.91. The maximum absolute atomic E-state index is 12.0. The van der Waals surface area contributed by atoms with Crippen LogP contribution in [0.2, 0.25) is 0 Å². The van der Waals surface area contributed by atoms with Gasteiger partial charge in [0.1, 0.15) is 13.1 Å². The van der Waals surface area contributed by atoms with Crippen LogP contribution in [0.5, 0.6) is 0 Å². The highest BCUT2D eigenvalue weighted by molar-refractivity contribution is 7.80. The third-order valence-electron chi connectivity index (χ3n) is 2.39. The maximum Gasteiger partial charge on any atom is 0.246 e. The van der Waals surface area contributed by atoms with Crippen LogP contribution < -0.4 is 11.1 Å². The Hall–Kier alpha value is -1.50. The molecule has 16 heavy (non-hydrogen) atoms. The summed E-state index contributed by atoms with van der Waals surface area (Å²) < 4.78 is 0. The summed E-state index contributed by atoms with van der Waals surface area (Å²) in [7, 11) is 0. The van der Waals surface area contributed by atoms with Crippen LogP contribution in [0.15, 0.2) is 0 Å². The lowest BCUT2D eigenvalue weighted by Gasteiger charge is -2.32. The fraction of sp³-hybridized carbons (Fsp3) is 0.556. The van der Waals surface area contributed by atoms with Crippen molar-refractivity contribution in [2.75, 3.05) is 13.1 Å². The van der Waals surface area contributed by atoms with Gasteiger partial charge in [-0.3, -0.25) is 19.7 Å². The number of hydrogen-bond acceptors (Lipinski definition) is 4. The molecule has 0 unspecified atom stereocenters. The molecule has 1 aliphatic heterocycles. The first-order valence-electron chi connectivity index (χ1n) is 4.67. The van der Waals surface area contributed by atoms with Gasteiger partial charge in [-0.15, -0.1) is 0 Å². The van der Waals surface area contributed by atoms with Crippen LogP contribution >= 0.6 is 12.2 Å². The van der Waals surface area contributed by atoms with Crippen molar-refractivity contribution in [3.05, 3.63) is 0 Å². The number of carbonyl (C=O) groups excluding carboxylic acids is 3. The predicted molar refractivity (Wildman–Crippen MR) is 60.3 cm³/mol. The fourth-order valence-electron chi connectivity index (χ4n) is 1.28. The van der Waals surface area contributed by atoms with E-state index in [1.54, 1.807) is 13.8 Å². The third kappa shape index (κ3) is 2.35. The quantitative estimate of drug-likeness (QED) is 0.468. The summed E-state index contributed by atoms with van der Waals surface area (Å²) >= 11 is 4.78. The second kappa shape index (κ2) is 4.17. The highest BCUT2D eigenvalue weighted by atomic mass is 32.1. The molecule has 1 fully saturated rings. The van der Waals surface area contributed by atoms with E-state index in [0.29, 0.717) is 0 Å². The summed E-state index contributed by atoms with van der Waals surface area (Å²) in [5, 5.41) is 2.11. The Morgan fingerprint density at radius 3 is 2.19 bits per heavy atom. The Morgan fingerprint density at radius 2 is 1.81 bits per heavy atom. The summed E-state index contributed by atoms with van der Waals surface area (Å²) in [5.74, 6) is -1.41. The smallest absolute Gasteiger partial charge is 0.246 e. The van der Waals surface area contributed by atoms with Crippen LogP contribution in [-0.4, -0.2) is 40.7 Å². The zero-order valence-corrected chi connectivity index (χ0v) is 9.89. The molecule has 0 aliphatic carbocycles. The number of nitrogens with one attached hydrogen (secondary N) is 1. The number of imide groups is 1. The molecule has 1 aliphatic rings. The van der Waals surface area contributed by atoms with Crippen LogP contribution in [0.25, 0.3) is 0 Å². The number of nitrogens with zero attached hydrogens (tertiary/aromatic N) is 1. The minimum Gasteiger partial charge on any atom is -0.392 e. The standard InChI is InChI=1S/C9H13N3O3S/c1-9(2,7(10)16)8(15)12-3-5(13)11-6(14)4-12/h3-4H2,1-2H3,(H2,10,16)(H,11,13,14). The SMILES string of the molecule is CC(C)(C(=O)N1CC(=O)NC(=O)C1)C(N)=S. The molecule has 0 aromatic rings. The summed E-state index contributed by atoms with van der Waals surface area (Å²) in [6.07, 6.45) is 0. The van der Waals surface area contributed by atoms with Gasteiger partial charge in [0.25, 0.3) is 0 Å². The number of amides is 3. The van der Waals surface area contributed by atoms with Gasteiger partial charge in [-0.2, -0.15) is 0 Å². The molecular formula is C9H13N3O3S. The zero-order chi connectivity index (χ0) is 12.5. The van der Waals surface area contributed by atoms with Crippen molar-refractivity contribution in [1.29, 1.82) is 0 Å². The topological polar surface area (TPSA) is 92.5 Å². The average molecular weight is 243 g/mol. The van der Waals surface area contributed by atoms with Crippen molar-refractivity contribution < 1.29 is 14.4 Å². The van der Waals surface area contributed by atoms with E-state index in [1.165, 1.54) is 0 Å². The molecule has 88 valence electrons. The van der Waals surface area contributed by atoms with E-state index < -0.39 is 23.1 Å². The van der Waals surface area contributed by atoms with Gasteiger partial charge in [0, 0.05) is 0 Å². The van der Waals surface area contributed by atoms with Crippen LogP contribution in [0.3, 0.4) is 0 Å². The van der Waals surface area contributed by atoms with Gasteiger partial charge in [-0.25, -0.2) is 0 Å². The number of thiocarbonyl (C=S) groups is 1. The highest BCUT2D eigenvalue weighted by Gasteiger charge is 2.38. The van der Waals surface area contributed by atoms with Crippen molar-refractivity contribution in [3.8, 4) is 0 Å². The van der Waals surface area contributed by atoms with Gasteiger partial charge in [0.15, 0.2) is 0 Å². The van der Waals surface area contributed by atoms with Crippen LogP contribution in [0.4, 0.5) is 0 Å². The Bertz CT molecular complexity index is 362. The normalized spacial score (nSPS) is 17.0. The zero-order valence-electron chi connectivity index (χ0n) is 9.07. The molecule has 1 saturated heterocycles. The molecule has 1 rings (SSSR count). The van der Waals surface area contributed by atoms with E-state index in [0.717, 1.165) is 4.90 Å². The van der Waals surface area contributed by atoms with E-state index in [2.05, 4.69) is 5.32 Å². The number of nitrogens with two attached hydrogens (primary N) is 1. The van der Waals surface area contributed by atoms with Gasteiger partial charge in [0.05, 0.1) is 10.4 Å². The molecule has 1 heterocycles. The molecule has 7 heteroatoms. The summed E-state index contributed by atoms with van der Waals surface area (Å²) in [6, 6.07) is 0. The molecule has 0 saturated carbocycles. The highest BCUT2D eigenvalue weighted by Crippen LogP contribution is 2.19. The van der Waals surface area contributed by atoms with Gasteiger partial charge in [-0.05, 0) is 13.8 Å². The van der Waals surface area contributed by atoms with Crippen molar-refractivity contribution in [3.63, 3.8) is 0 Å². The second-order valence-electron chi connectivity index (χ2n) is 4.12. The van der Waals surface area contributed by atoms with E-state index in [1.807, 2.05) is 0 Å². The Labute approximate surface area is 98.1 Å². The molecule has 3 amide bonds. The van der Waals surface area contributed by atoms with Crippen LogP contribution in [0.1, 0.15) is 13.8 Å². The molecule has 0 aromatic heterocycles. The Kier molecular flexibility index (Phi) is 3.27. The molecule has 0 atom stereocenters. The summed E-state index contributed by atoms with van der Waals surface area (Å²) in [4.78, 5) is 35.4. The molecular weight excluding hydrogens is 230 g/mol. The molecule has 0 radical (unpaired) electrons. The average Bonchev–Trinajstić information content (AvgIpc) is 2.14. The Morgan fingerprint density at radius 1 is 1.38 bits per heavy atom. The largest absolute Gasteiger partial charge is 0.392 e. The number of piperazine rings is 1. The number of hydrogen-bond donors (Lipinski definition) is 2. The monoisotopic (exact) mass is 243 g/mol. The van der Waals surface area contributed by atoms with E-state index in [-0.39, 0.29) is 18.1 Å². The second-order valence-corrected chi connectivity index (χ2v) is 4.56. The molecule has 0 spiro atoms. The lowest BCUT2D eigenvalue weighted by molar-refractivity contribution is -0.148. The van der Waals surface area contributed by atoms with E-state index >= 15 is 0 Å². The van der Waals surface area contributed by atoms with Crippen LogP contribution in [-0.2, 0) is 14.4 Å². The minimum atomic E-state index is -1.05. The maximum atomic E-state index is 12.0. The first-order valence-corrected chi connectivity index (χ1v) is 5.08. The first kappa shape index (κ1) is 12.6. The third-order valence-corrected chi connectivity index (χ3v) is 2.90. The molecule has 0 aromatic carbocycles. The van der Waals surface area contributed by atoms with Gasteiger partial charge in [0.2, 0.25) is 17.7 Å². The minimum absolute atomic E-state index is 0.0379. The van der Waals surface area contributed by atoms with Crippen molar-refractivity contribution in [2.24, 2.45) is 11.1 Å².